The van der Waals surface area contributed by atoms with Gasteiger partial charge in [0.25, 0.3) is 0 Å². The van der Waals surface area contributed by atoms with E-state index < -0.39 is 0 Å². The highest BCUT2D eigenvalue weighted by Gasteiger charge is 2.04. The lowest BCUT2D eigenvalue weighted by atomic mass is 10.1. The maximum atomic E-state index is 5.42. The Hall–Kier alpha value is -1.75. The number of nitrogens with one attached hydrogen (secondary N) is 2. The number of guanidine groups is 1. The second kappa shape index (κ2) is 11.8. The van der Waals surface area contributed by atoms with Crippen molar-refractivity contribution in [2.75, 3.05) is 40.0 Å². The largest absolute Gasteiger partial charge is 0.496 e. The molecule has 0 aliphatic carbocycles. The van der Waals surface area contributed by atoms with E-state index in [-0.39, 0.29) is 0 Å². The van der Waals surface area contributed by atoms with Crippen LogP contribution in [0.1, 0.15) is 31.4 Å². The van der Waals surface area contributed by atoms with Crippen LogP contribution in [0.4, 0.5) is 0 Å². The fourth-order valence-electron chi connectivity index (χ4n) is 2.26. The Labute approximate surface area is 140 Å². The highest BCUT2D eigenvalue weighted by molar-refractivity contribution is 5.79. The number of aryl methyl sites for hydroxylation is 1. The number of aliphatic imine (C=N–C) groups is 1. The van der Waals surface area contributed by atoms with Gasteiger partial charge in [-0.05, 0) is 45.2 Å². The average Bonchev–Trinajstić information content (AvgIpc) is 2.55. The maximum Gasteiger partial charge on any atom is 0.191 e. The van der Waals surface area contributed by atoms with E-state index in [4.69, 9.17) is 9.47 Å². The Bertz CT molecular complexity index is 475. The van der Waals surface area contributed by atoms with Gasteiger partial charge in [0.2, 0.25) is 0 Å². The summed E-state index contributed by atoms with van der Waals surface area (Å²) >= 11 is 0. The Morgan fingerprint density at radius 3 is 2.74 bits per heavy atom. The molecule has 0 aliphatic rings. The predicted molar refractivity (Wildman–Crippen MR) is 96.5 cm³/mol. The lowest BCUT2D eigenvalue weighted by Gasteiger charge is -2.13. The van der Waals surface area contributed by atoms with Crippen molar-refractivity contribution < 1.29 is 9.47 Å². The van der Waals surface area contributed by atoms with Crippen LogP contribution >= 0.6 is 0 Å². The van der Waals surface area contributed by atoms with Gasteiger partial charge >= 0.3 is 0 Å². The fourth-order valence-corrected chi connectivity index (χ4v) is 2.26. The van der Waals surface area contributed by atoms with Crippen LogP contribution < -0.4 is 15.4 Å². The first-order chi connectivity index (χ1) is 11.2. The molecule has 0 saturated carbocycles. The van der Waals surface area contributed by atoms with Gasteiger partial charge in [0.15, 0.2) is 5.96 Å². The molecule has 2 N–H and O–H groups in total. The van der Waals surface area contributed by atoms with Gasteiger partial charge in [0, 0.05) is 32.8 Å². The van der Waals surface area contributed by atoms with Gasteiger partial charge in [-0.1, -0.05) is 17.7 Å². The number of ether oxygens (including phenoxy) is 2. The molecule has 0 heterocycles. The van der Waals surface area contributed by atoms with Gasteiger partial charge in [0.05, 0.1) is 7.11 Å². The fraction of sp³-hybridized carbons (Fsp3) is 0.611. The second-order valence-electron chi connectivity index (χ2n) is 5.30. The van der Waals surface area contributed by atoms with Crippen LogP contribution in [0.3, 0.4) is 0 Å². The molecule has 0 atom stereocenters. The van der Waals surface area contributed by atoms with Gasteiger partial charge in [-0.2, -0.15) is 0 Å². The topological polar surface area (TPSA) is 54.9 Å². The second-order valence-corrected chi connectivity index (χ2v) is 5.30. The first-order valence-electron chi connectivity index (χ1n) is 8.44. The van der Waals surface area contributed by atoms with Crippen LogP contribution in [0.15, 0.2) is 23.2 Å². The summed E-state index contributed by atoms with van der Waals surface area (Å²) in [4.78, 5) is 4.56. The monoisotopic (exact) mass is 321 g/mol. The van der Waals surface area contributed by atoms with Crippen LogP contribution in [0.5, 0.6) is 5.75 Å². The van der Waals surface area contributed by atoms with Crippen molar-refractivity contribution in [1.29, 1.82) is 0 Å². The predicted octanol–water partition coefficient (Wildman–Crippen LogP) is 2.53. The van der Waals surface area contributed by atoms with E-state index in [1.807, 2.05) is 13.0 Å². The van der Waals surface area contributed by atoms with E-state index in [0.29, 0.717) is 0 Å². The van der Waals surface area contributed by atoms with Gasteiger partial charge in [-0.3, -0.25) is 4.99 Å². The quantitative estimate of drug-likeness (QED) is 0.395. The van der Waals surface area contributed by atoms with Crippen LogP contribution in [0, 0.1) is 6.92 Å². The van der Waals surface area contributed by atoms with E-state index in [0.717, 1.165) is 57.4 Å². The third-order valence-electron chi connectivity index (χ3n) is 3.39. The summed E-state index contributed by atoms with van der Waals surface area (Å²) in [6.45, 7) is 10.1. The van der Waals surface area contributed by atoms with Crippen LogP contribution in [-0.2, 0) is 11.2 Å². The Morgan fingerprint density at radius 1 is 1.22 bits per heavy atom. The van der Waals surface area contributed by atoms with Crippen molar-refractivity contribution in [2.24, 2.45) is 4.99 Å². The average molecular weight is 321 g/mol. The highest BCUT2D eigenvalue weighted by atomic mass is 16.5. The van der Waals surface area contributed by atoms with E-state index in [2.05, 4.69) is 41.6 Å². The summed E-state index contributed by atoms with van der Waals surface area (Å²) in [6.07, 6.45) is 1.84. The smallest absolute Gasteiger partial charge is 0.191 e. The molecule has 0 saturated heterocycles. The molecule has 0 aliphatic heterocycles. The molecule has 1 rings (SSSR count). The van der Waals surface area contributed by atoms with E-state index >= 15 is 0 Å². The van der Waals surface area contributed by atoms with E-state index in [1.54, 1.807) is 7.11 Å². The van der Waals surface area contributed by atoms with Crippen LogP contribution in [0.25, 0.3) is 0 Å². The first kappa shape index (κ1) is 19.3. The maximum absolute atomic E-state index is 5.42. The van der Waals surface area contributed by atoms with Crippen molar-refractivity contribution >= 4 is 5.96 Å². The number of benzene rings is 1. The Balaban J connectivity index is 2.46. The van der Waals surface area contributed by atoms with E-state index in [9.17, 15) is 0 Å². The van der Waals surface area contributed by atoms with Crippen LogP contribution in [-0.4, -0.2) is 45.9 Å². The zero-order valence-electron chi connectivity index (χ0n) is 14.9. The molecule has 130 valence electrons. The third-order valence-corrected chi connectivity index (χ3v) is 3.39. The van der Waals surface area contributed by atoms with Crippen molar-refractivity contribution in [3.8, 4) is 5.75 Å². The number of hydrogen-bond donors (Lipinski definition) is 2. The van der Waals surface area contributed by atoms with Crippen molar-refractivity contribution in [1.82, 2.24) is 10.6 Å². The molecular formula is C18H31N3O2. The molecule has 5 nitrogen and oxygen atoms in total. The molecule has 0 unspecified atom stereocenters. The SMILES string of the molecule is CCNC(=NCCCOCC)NCCc1cc(C)ccc1OC. The zero-order chi connectivity index (χ0) is 16.9. The molecule has 0 amide bonds. The van der Waals surface area contributed by atoms with Crippen molar-refractivity contribution in [3.63, 3.8) is 0 Å². The summed E-state index contributed by atoms with van der Waals surface area (Å²) in [7, 11) is 1.71. The Kier molecular flexibility index (Phi) is 9.87. The number of rotatable bonds is 10. The molecule has 0 spiro atoms. The summed E-state index contributed by atoms with van der Waals surface area (Å²) in [5.74, 6) is 1.80. The van der Waals surface area contributed by atoms with Gasteiger partial charge < -0.3 is 20.1 Å². The molecule has 1 aromatic rings. The van der Waals surface area contributed by atoms with Gasteiger partial charge in [-0.25, -0.2) is 0 Å². The van der Waals surface area contributed by atoms with Crippen molar-refractivity contribution in [3.05, 3.63) is 29.3 Å². The molecular weight excluding hydrogens is 290 g/mol. The van der Waals surface area contributed by atoms with Gasteiger partial charge in [-0.15, -0.1) is 0 Å². The minimum atomic E-state index is 0.764. The van der Waals surface area contributed by atoms with E-state index in [1.165, 1.54) is 11.1 Å². The third kappa shape index (κ3) is 7.88. The molecule has 5 heteroatoms. The van der Waals surface area contributed by atoms with Crippen molar-refractivity contribution in [2.45, 2.75) is 33.6 Å². The lowest BCUT2D eigenvalue weighted by Crippen LogP contribution is -2.38. The molecule has 0 radical (unpaired) electrons. The number of methoxy groups -OCH3 is 1. The number of nitrogens with zero attached hydrogens (tertiary/aromatic N) is 1. The van der Waals surface area contributed by atoms with Crippen LogP contribution in [0.2, 0.25) is 0 Å². The van der Waals surface area contributed by atoms with Gasteiger partial charge in [0.1, 0.15) is 5.75 Å². The zero-order valence-corrected chi connectivity index (χ0v) is 14.9. The summed E-state index contributed by atoms with van der Waals surface area (Å²) < 4.78 is 10.7. The summed E-state index contributed by atoms with van der Waals surface area (Å²) in [6, 6.07) is 6.27. The molecule has 0 fully saturated rings. The minimum Gasteiger partial charge on any atom is -0.496 e. The standard InChI is InChI=1S/C18H31N3O2/c1-5-19-18(20-11-7-13-23-6-2)21-12-10-16-14-15(3)8-9-17(16)22-4/h8-9,14H,5-7,10-13H2,1-4H3,(H2,19,20,21). The summed E-state index contributed by atoms with van der Waals surface area (Å²) in [5.41, 5.74) is 2.46. The molecule has 0 aromatic heterocycles. The molecule has 0 bridgehead atoms. The lowest BCUT2D eigenvalue weighted by molar-refractivity contribution is 0.146. The molecule has 23 heavy (non-hydrogen) atoms. The number of hydrogen-bond acceptors (Lipinski definition) is 3. The minimum absolute atomic E-state index is 0.764. The summed E-state index contributed by atoms with van der Waals surface area (Å²) in [5, 5.41) is 6.64. The first-order valence-corrected chi connectivity index (χ1v) is 8.44. The molecule has 1 aromatic carbocycles. The normalized spacial score (nSPS) is 11.4. The Morgan fingerprint density at radius 2 is 2.04 bits per heavy atom. The highest BCUT2D eigenvalue weighted by Crippen LogP contribution is 2.19.